The lowest BCUT2D eigenvalue weighted by atomic mass is 10.0. The van der Waals surface area contributed by atoms with Crippen LogP contribution in [-0.2, 0) is 22.6 Å². The van der Waals surface area contributed by atoms with Crippen molar-refractivity contribution in [2.45, 2.75) is 39.3 Å². The number of hydrogen-bond acceptors (Lipinski definition) is 3. The van der Waals surface area contributed by atoms with Gasteiger partial charge in [0.2, 0.25) is 5.91 Å². The lowest BCUT2D eigenvalue weighted by Crippen LogP contribution is -2.42. The van der Waals surface area contributed by atoms with Gasteiger partial charge in [0.1, 0.15) is 18.4 Å². The molecule has 2 aromatic rings. The molecule has 0 saturated heterocycles. The predicted octanol–water partition coefficient (Wildman–Crippen LogP) is 3.42. The van der Waals surface area contributed by atoms with Gasteiger partial charge in [-0.2, -0.15) is 0 Å². The van der Waals surface area contributed by atoms with Crippen molar-refractivity contribution in [2.75, 3.05) is 0 Å². The maximum atomic E-state index is 11.9. The van der Waals surface area contributed by atoms with Crippen molar-refractivity contribution in [2.24, 2.45) is 5.92 Å². The summed E-state index contributed by atoms with van der Waals surface area (Å²) in [4.78, 5) is 23.4. The van der Waals surface area contributed by atoms with E-state index in [0.29, 0.717) is 18.8 Å². The van der Waals surface area contributed by atoms with Gasteiger partial charge in [0.25, 0.3) is 0 Å². The van der Waals surface area contributed by atoms with Crippen molar-refractivity contribution in [3.63, 3.8) is 0 Å². The molecule has 0 unspecified atom stereocenters. The first kappa shape index (κ1) is 19.5. The van der Waals surface area contributed by atoms with E-state index in [1.807, 2.05) is 68.4 Å². The van der Waals surface area contributed by atoms with Crippen LogP contribution in [0, 0.1) is 5.92 Å². The van der Waals surface area contributed by atoms with Gasteiger partial charge in [0.05, 0.1) is 0 Å². The molecule has 0 aliphatic rings. The molecule has 0 fully saturated rings. The maximum absolute atomic E-state index is 11.9. The first-order valence-corrected chi connectivity index (χ1v) is 8.72. The Morgan fingerprint density at radius 3 is 2.38 bits per heavy atom. The number of aliphatic carboxylic acids is 1. The molecule has 2 rings (SSSR count). The average molecular weight is 355 g/mol. The Labute approximate surface area is 154 Å². The number of benzene rings is 2. The summed E-state index contributed by atoms with van der Waals surface area (Å²) in [6.07, 6.45) is 0.520. The number of carboxylic acids is 1. The molecule has 5 nitrogen and oxygen atoms in total. The predicted molar refractivity (Wildman–Crippen MR) is 99.9 cm³/mol. The van der Waals surface area contributed by atoms with Crippen LogP contribution in [0.4, 0.5) is 0 Å². The zero-order chi connectivity index (χ0) is 18.9. The van der Waals surface area contributed by atoms with Gasteiger partial charge in [-0.05, 0) is 29.2 Å². The van der Waals surface area contributed by atoms with Crippen LogP contribution < -0.4 is 10.1 Å². The molecule has 1 amide bonds. The van der Waals surface area contributed by atoms with Crippen molar-refractivity contribution in [1.29, 1.82) is 0 Å². The summed E-state index contributed by atoms with van der Waals surface area (Å²) < 4.78 is 5.77. The van der Waals surface area contributed by atoms with E-state index in [9.17, 15) is 14.7 Å². The highest BCUT2D eigenvalue weighted by Crippen LogP contribution is 2.17. The molecule has 0 aliphatic carbocycles. The van der Waals surface area contributed by atoms with Crippen LogP contribution in [0.3, 0.4) is 0 Å². The van der Waals surface area contributed by atoms with Crippen molar-refractivity contribution >= 4 is 11.9 Å². The van der Waals surface area contributed by atoms with E-state index < -0.39 is 12.0 Å². The second-order valence-electron chi connectivity index (χ2n) is 6.68. The molecule has 0 spiro atoms. The Kier molecular flexibility index (Phi) is 7.21. The molecule has 138 valence electrons. The standard InChI is InChI=1S/C21H25NO4/c1-15(2)11-20(23)22-19(21(24)25)13-17-9-6-10-18(12-17)26-14-16-7-4-3-5-8-16/h3-10,12,15,19H,11,13-14H2,1-2H3,(H,22,23)(H,24,25)/t19-/m0/s1. The molecule has 0 saturated carbocycles. The van der Waals surface area contributed by atoms with Crippen LogP contribution in [0.5, 0.6) is 5.75 Å². The van der Waals surface area contributed by atoms with Crippen LogP contribution in [0.1, 0.15) is 31.4 Å². The maximum Gasteiger partial charge on any atom is 0.326 e. The topological polar surface area (TPSA) is 75.6 Å². The number of carboxylic acid groups (broad SMARTS) is 1. The zero-order valence-electron chi connectivity index (χ0n) is 15.1. The third-order valence-corrected chi connectivity index (χ3v) is 3.81. The summed E-state index contributed by atoms with van der Waals surface area (Å²) >= 11 is 0. The minimum Gasteiger partial charge on any atom is -0.489 e. The van der Waals surface area contributed by atoms with E-state index >= 15 is 0 Å². The summed E-state index contributed by atoms with van der Waals surface area (Å²) in [5.74, 6) is -0.440. The smallest absolute Gasteiger partial charge is 0.326 e. The fourth-order valence-electron chi connectivity index (χ4n) is 2.56. The monoisotopic (exact) mass is 355 g/mol. The van der Waals surface area contributed by atoms with E-state index in [0.717, 1.165) is 11.1 Å². The van der Waals surface area contributed by atoms with Gasteiger partial charge in [-0.3, -0.25) is 4.79 Å². The van der Waals surface area contributed by atoms with Crippen molar-refractivity contribution < 1.29 is 19.4 Å². The van der Waals surface area contributed by atoms with Crippen molar-refractivity contribution in [3.05, 3.63) is 65.7 Å². The van der Waals surface area contributed by atoms with E-state index in [-0.39, 0.29) is 18.2 Å². The molecule has 0 heterocycles. The Hall–Kier alpha value is -2.82. The molecule has 0 aliphatic heterocycles. The number of rotatable bonds is 9. The number of hydrogen-bond donors (Lipinski definition) is 2. The highest BCUT2D eigenvalue weighted by molar-refractivity contribution is 5.83. The number of carbonyl (C=O) groups is 2. The van der Waals surface area contributed by atoms with Gasteiger partial charge >= 0.3 is 5.97 Å². The second-order valence-corrected chi connectivity index (χ2v) is 6.68. The highest BCUT2D eigenvalue weighted by atomic mass is 16.5. The van der Waals surface area contributed by atoms with Crippen molar-refractivity contribution in [3.8, 4) is 5.75 Å². The highest BCUT2D eigenvalue weighted by Gasteiger charge is 2.21. The van der Waals surface area contributed by atoms with E-state index in [4.69, 9.17) is 4.74 Å². The molecular formula is C21H25NO4. The molecule has 0 radical (unpaired) electrons. The molecule has 2 N–H and O–H groups in total. The fraction of sp³-hybridized carbons (Fsp3) is 0.333. The van der Waals surface area contributed by atoms with Crippen LogP contribution in [0.2, 0.25) is 0 Å². The number of ether oxygens (including phenoxy) is 1. The third kappa shape index (κ3) is 6.59. The first-order valence-electron chi connectivity index (χ1n) is 8.72. The van der Waals surface area contributed by atoms with Gasteiger partial charge in [-0.25, -0.2) is 4.79 Å². The number of amides is 1. The Morgan fingerprint density at radius 1 is 1.04 bits per heavy atom. The largest absolute Gasteiger partial charge is 0.489 e. The second kappa shape index (κ2) is 9.61. The van der Waals surface area contributed by atoms with Gasteiger partial charge in [0.15, 0.2) is 0 Å². The molecule has 26 heavy (non-hydrogen) atoms. The Balaban J connectivity index is 1.98. The minimum absolute atomic E-state index is 0.180. The normalized spacial score (nSPS) is 11.8. The summed E-state index contributed by atoms with van der Waals surface area (Å²) in [5, 5.41) is 12.0. The van der Waals surface area contributed by atoms with Gasteiger partial charge in [-0.1, -0.05) is 56.3 Å². The number of carbonyl (C=O) groups excluding carboxylic acids is 1. The van der Waals surface area contributed by atoms with Gasteiger partial charge in [-0.15, -0.1) is 0 Å². The van der Waals surface area contributed by atoms with Crippen LogP contribution >= 0.6 is 0 Å². The van der Waals surface area contributed by atoms with Crippen molar-refractivity contribution in [1.82, 2.24) is 5.32 Å². The summed E-state index contributed by atoms with van der Waals surface area (Å²) in [7, 11) is 0. The number of nitrogens with one attached hydrogen (secondary N) is 1. The Bertz CT molecular complexity index is 728. The van der Waals surface area contributed by atoms with Gasteiger partial charge < -0.3 is 15.2 Å². The first-order chi connectivity index (χ1) is 12.4. The van der Waals surface area contributed by atoms with Crippen LogP contribution in [-0.4, -0.2) is 23.0 Å². The quantitative estimate of drug-likeness (QED) is 0.723. The summed E-state index contributed by atoms with van der Waals surface area (Å²) in [6, 6.07) is 16.2. The fourth-order valence-corrected chi connectivity index (χ4v) is 2.56. The molecule has 2 aromatic carbocycles. The molecule has 0 aromatic heterocycles. The average Bonchev–Trinajstić information content (AvgIpc) is 2.60. The molecular weight excluding hydrogens is 330 g/mol. The van der Waals surface area contributed by atoms with E-state index in [2.05, 4.69) is 5.32 Å². The molecule has 1 atom stereocenters. The lowest BCUT2D eigenvalue weighted by molar-refractivity contribution is -0.141. The third-order valence-electron chi connectivity index (χ3n) is 3.81. The summed E-state index contributed by atoms with van der Waals surface area (Å²) in [6.45, 7) is 4.28. The minimum atomic E-state index is -1.04. The SMILES string of the molecule is CC(C)CC(=O)N[C@@H](Cc1cccc(OCc2ccccc2)c1)C(=O)O. The van der Waals surface area contributed by atoms with Crippen LogP contribution in [0.15, 0.2) is 54.6 Å². The van der Waals surface area contributed by atoms with Gasteiger partial charge in [0, 0.05) is 12.8 Å². The molecule has 5 heteroatoms. The zero-order valence-corrected chi connectivity index (χ0v) is 15.1. The van der Waals surface area contributed by atoms with E-state index in [1.54, 1.807) is 0 Å². The lowest BCUT2D eigenvalue weighted by Gasteiger charge is -2.16. The summed E-state index contributed by atoms with van der Waals surface area (Å²) in [5.41, 5.74) is 1.86. The Morgan fingerprint density at radius 2 is 1.73 bits per heavy atom. The van der Waals surface area contributed by atoms with E-state index in [1.165, 1.54) is 0 Å². The molecule has 0 bridgehead atoms. The van der Waals surface area contributed by atoms with Crippen LogP contribution in [0.25, 0.3) is 0 Å².